The molecule has 7 heteroatoms. The molecule has 0 spiro atoms. The van der Waals surface area contributed by atoms with E-state index < -0.39 is 0 Å². The van der Waals surface area contributed by atoms with Crippen LogP contribution in [0, 0.1) is 0 Å². The van der Waals surface area contributed by atoms with Gasteiger partial charge in [-0.25, -0.2) is 4.99 Å². The van der Waals surface area contributed by atoms with Gasteiger partial charge in [0.1, 0.15) is 0 Å². The summed E-state index contributed by atoms with van der Waals surface area (Å²) in [7, 11) is 3.51. The molecule has 0 unspecified atom stereocenters. The fourth-order valence-electron chi connectivity index (χ4n) is 2.73. The van der Waals surface area contributed by atoms with E-state index >= 15 is 0 Å². The number of halogens is 2. The Balaban J connectivity index is 0.00000364. The van der Waals surface area contributed by atoms with E-state index in [1.54, 1.807) is 19.0 Å². The molecule has 2 rings (SSSR count). The topological polar surface area (TPSA) is 56.7 Å². The number of amides is 1. The van der Waals surface area contributed by atoms with Gasteiger partial charge in [-0.1, -0.05) is 39.7 Å². The number of nitrogens with one attached hydrogen (secondary N) is 2. The molecular weight excluding hydrogens is 519 g/mol. The quantitative estimate of drug-likeness (QED) is 0.234. The predicted molar refractivity (Wildman–Crippen MR) is 127 cm³/mol. The molecular formula is C20H30BrIN4O. The molecule has 1 aromatic rings. The van der Waals surface area contributed by atoms with Crippen LogP contribution in [-0.4, -0.2) is 44.0 Å². The molecule has 0 radical (unpaired) electrons. The Hall–Kier alpha value is -1.09. The van der Waals surface area contributed by atoms with Crippen LogP contribution >= 0.6 is 39.9 Å². The highest BCUT2D eigenvalue weighted by Gasteiger charge is 2.07. The minimum atomic E-state index is 0. The Morgan fingerprint density at radius 2 is 1.93 bits per heavy atom. The molecule has 0 heterocycles. The fraction of sp³-hybridized carbons (Fsp3) is 0.500. The summed E-state index contributed by atoms with van der Waals surface area (Å²) in [6.07, 6.45) is 8.42. The Morgan fingerprint density at radius 1 is 1.19 bits per heavy atom. The molecule has 0 aliphatic heterocycles. The molecule has 27 heavy (non-hydrogen) atoms. The van der Waals surface area contributed by atoms with Crippen LogP contribution in [0.15, 0.2) is 45.4 Å². The number of hydrogen-bond acceptors (Lipinski definition) is 2. The van der Waals surface area contributed by atoms with E-state index in [1.165, 1.54) is 31.3 Å². The number of carbonyl (C=O) groups excluding carboxylic acids is 1. The summed E-state index contributed by atoms with van der Waals surface area (Å²) in [5, 5.41) is 6.50. The summed E-state index contributed by atoms with van der Waals surface area (Å²) < 4.78 is 1.05. The molecule has 1 amide bonds. The zero-order valence-corrected chi connectivity index (χ0v) is 20.0. The number of aliphatic imine (C=N–C) groups is 1. The van der Waals surface area contributed by atoms with Crippen molar-refractivity contribution < 1.29 is 4.79 Å². The molecule has 0 aromatic heterocycles. The van der Waals surface area contributed by atoms with Gasteiger partial charge >= 0.3 is 0 Å². The largest absolute Gasteiger partial charge is 0.356 e. The molecule has 0 bridgehead atoms. The van der Waals surface area contributed by atoms with Gasteiger partial charge in [0.2, 0.25) is 5.91 Å². The third-order valence-electron chi connectivity index (χ3n) is 4.36. The Labute approximate surface area is 188 Å². The van der Waals surface area contributed by atoms with Gasteiger partial charge in [0.15, 0.2) is 5.96 Å². The SMILES string of the molecule is CN(C)C(=O)CNC(=NCc1ccc(Br)cc1)NCCC1=CCCCC1.I. The van der Waals surface area contributed by atoms with Gasteiger partial charge < -0.3 is 15.5 Å². The molecule has 1 aliphatic rings. The van der Waals surface area contributed by atoms with Crippen molar-refractivity contribution in [3.63, 3.8) is 0 Å². The summed E-state index contributed by atoms with van der Waals surface area (Å²) in [5.41, 5.74) is 2.66. The number of benzene rings is 1. The van der Waals surface area contributed by atoms with Gasteiger partial charge in [0.25, 0.3) is 0 Å². The summed E-state index contributed by atoms with van der Waals surface area (Å²) in [6, 6.07) is 8.11. The highest BCUT2D eigenvalue weighted by molar-refractivity contribution is 14.0. The zero-order valence-electron chi connectivity index (χ0n) is 16.1. The first-order valence-corrected chi connectivity index (χ1v) is 9.98. The maximum absolute atomic E-state index is 11.8. The molecule has 5 nitrogen and oxygen atoms in total. The first kappa shape index (κ1) is 23.9. The van der Waals surface area contributed by atoms with Crippen molar-refractivity contribution in [1.29, 1.82) is 0 Å². The van der Waals surface area contributed by atoms with E-state index in [0.29, 0.717) is 12.5 Å². The van der Waals surface area contributed by atoms with Crippen LogP contribution in [-0.2, 0) is 11.3 Å². The molecule has 2 N–H and O–H groups in total. The number of allylic oxidation sites excluding steroid dienone is 1. The standard InChI is InChI=1S/C20H29BrN4O.HI/c1-25(2)19(26)15-24-20(22-13-12-16-6-4-3-5-7-16)23-14-17-8-10-18(21)11-9-17;/h6,8-11H,3-5,7,12-15H2,1-2H3,(H2,22,23,24);1H. The number of likely N-dealkylation sites (N-methyl/N-ethyl adjacent to an activating group) is 1. The van der Waals surface area contributed by atoms with Gasteiger partial charge in [-0.05, 0) is 49.8 Å². The average Bonchev–Trinajstić information content (AvgIpc) is 2.65. The van der Waals surface area contributed by atoms with Crippen molar-refractivity contribution in [2.45, 2.75) is 38.6 Å². The predicted octanol–water partition coefficient (Wildman–Crippen LogP) is 4.08. The van der Waals surface area contributed by atoms with E-state index in [1.807, 2.05) is 24.3 Å². The van der Waals surface area contributed by atoms with Crippen molar-refractivity contribution in [3.05, 3.63) is 46.0 Å². The second-order valence-electron chi connectivity index (χ2n) is 6.72. The Morgan fingerprint density at radius 3 is 2.56 bits per heavy atom. The third kappa shape index (κ3) is 9.60. The van der Waals surface area contributed by atoms with Crippen LogP contribution in [0.25, 0.3) is 0 Å². The smallest absolute Gasteiger partial charge is 0.241 e. The van der Waals surface area contributed by atoms with Crippen molar-refractivity contribution >= 4 is 51.8 Å². The van der Waals surface area contributed by atoms with Gasteiger partial charge in [-0.3, -0.25) is 4.79 Å². The van der Waals surface area contributed by atoms with Crippen molar-refractivity contribution in [2.75, 3.05) is 27.2 Å². The third-order valence-corrected chi connectivity index (χ3v) is 4.89. The minimum absolute atomic E-state index is 0. The lowest BCUT2D eigenvalue weighted by Crippen LogP contribution is -2.43. The first-order valence-electron chi connectivity index (χ1n) is 9.19. The van der Waals surface area contributed by atoms with Crippen LogP contribution in [0.3, 0.4) is 0 Å². The molecule has 0 saturated carbocycles. The highest BCUT2D eigenvalue weighted by atomic mass is 127. The van der Waals surface area contributed by atoms with Gasteiger partial charge in [-0.2, -0.15) is 0 Å². The molecule has 0 fully saturated rings. The van der Waals surface area contributed by atoms with E-state index in [2.05, 4.69) is 37.6 Å². The van der Waals surface area contributed by atoms with E-state index in [-0.39, 0.29) is 36.4 Å². The second-order valence-corrected chi connectivity index (χ2v) is 7.63. The van der Waals surface area contributed by atoms with Crippen LogP contribution in [0.5, 0.6) is 0 Å². The summed E-state index contributed by atoms with van der Waals surface area (Å²) in [6.45, 7) is 1.64. The van der Waals surface area contributed by atoms with Crippen molar-refractivity contribution in [3.8, 4) is 0 Å². The maximum Gasteiger partial charge on any atom is 0.241 e. The molecule has 0 saturated heterocycles. The van der Waals surface area contributed by atoms with Crippen molar-refractivity contribution in [2.24, 2.45) is 4.99 Å². The minimum Gasteiger partial charge on any atom is -0.356 e. The number of rotatable bonds is 7. The van der Waals surface area contributed by atoms with Gasteiger partial charge in [0, 0.05) is 25.1 Å². The van der Waals surface area contributed by atoms with Gasteiger partial charge in [0.05, 0.1) is 13.1 Å². The van der Waals surface area contributed by atoms with Crippen LogP contribution in [0.1, 0.15) is 37.7 Å². The highest BCUT2D eigenvalue weighted by Crippen LogP contribution is 2.19. The van der Waals surface area contributed by atoms with E-state index in [9.17, 15) is 4.79 Å². The Kier molecular flexibility index (Phi) is 11.7. The van der Waals surface area contributed by atoms with Crippen LogP contribution in [0.4, 0.5) is 0 Å². The van der Waals surface area contributed by atoms with Gasteiger partial charge in [-0.15, -0.1) is 24.0 Å². The monoisotopic (exact) mass is 548 g/mol. The van der Waals surface area contributed by atoms with E-state index in [4.69, 9.17) is 0 Å². The van der Waals surface area contributed by atoms with Crippen molar-refractivity contribution in [1.82, 2.24) is 15.5 Å². The van der Waals surface area contributed by atoms with Crippen LogP contribution < -0.4 is 10.6 Å². The zero-order chi connectivity index (χ0) is 18.8. The molecule has 1 aromatic carbocycles. The Bertz CT molecular complexity index is 644. The average molecular weight is 549 g/mol. The fourth-order valence-corrected chi connectivity index (χ4v) is 2.99. The molecule has 1 aliphatic carbocycles. The lowest BCUT2D eigenvalue weighted by molar-refractivity contribution is -0.127. The maximum atomic E-state index is 11.8. The molecule has 0 atom stereocenters. The van der Waals surface area contributed by atoms with E-state index in [0.717, 1.165) is 23.0 Å². The lowest BCUT2D eigenvalue weighted by atomic mass is 9.97. The number of hydrogen-bond donors (Lipinski definition) is 2. The lowest BCUT2D eigenvalue weighted by Gasteiger charge is -2.16. The summed E-state index contributed by atoms with van der Waals surface area (Å²) in [4.78, 5) is 18.0. The number of nitrogens with zero attached hydrogens (tertiary/aromatic N) is 2. The van der Waals surface area contributed by atoms with Crippen LogP contribution in [0.2, 0.25) is 0 Å². The summed E-state index contributed by atoms with van der Waals surface area (Å²) in [5.74, 6) is 0.706. The number of guanidine groups is 1. The normalized spacial score (nSPS) is 14.0. The second kappa shape index (κ2) is 13.1. The summed E-state index contributed by atoms with van der Waals surface area (Å²) >= 11 is 3.44. The molecule has 150 valence electrons. The first-order chi connectivity index (χ1) is 12.5. The number of carbonyl (C=O) groups is 1.